The lowest BCUT2D eigenvalue weighted by Crippen LogP contribution is -2.29. The van der Waals surface area contributed by atoms with Crippen molar-refractivity contribution < 1.29 is 24.2 Å². The first kappa shape index (κ1) is 23.4. The molecule has 1 aliphatic rings. The van der Waals surface area contributed by atoms with Crippen LogP contribution in [0.1, 0.15) is 31.0 Å². The summed E-state index contributed by atoms with van der Waals surface area (Å²) in [6.07, 6.45) is -0.00128. The van der Waals surface area contributed by atoms with Crippen LogP contribution in [0.3, 0.4) is 0 Å². The van der Waals surface area contributed by atoms with Crippen LogP contribution in [0.15, 0.2) is 78.4 Å². The summed E-state index contributed by atoms with van der Waals surface area (Å²) in [5.41, 5.74) is 1.49. The Labute approximate surface area is 203 Å². The van der Waals surface area contributed by atoms with Crippen LogP contribution in [0.25, 0.3) is 5.76 Å². The molecule has 1 atom stereocenters. The second-order valence-electron chi connectivity index (χ2n) is 8.11. The predicted octanol–water partition coefficient (Wildman–Crippen LogP) is 5.76. The van der Waals surface area contributed by atoms with Crippen molar-refractivity contribution >= 4 is 34.7 Å². The number of benzene rings is 3. The molecular formula is C27H24ClNO5. The van der Waals surface area contributed by atoms with Crippen molar-refractivity contribution in [2.75, 3.05) is 12.0 Å². The van der Waals surface area contributed by atoms with E-state index in [9.17, 15) is 14.7 Å². The fourth-order valence-corrected chi connectivity index (χ4v) is 4.14. The number of amides is 1. The molecule has 0 aromatic heterocycles. The number of aliphatic hydroxyl groups excluding tert-OH is 1. The lowest BCUT2D eigenvalue weighted by atomic mass is 9.95. The van der Waals surface area contributed by atoms with E-state index in [-0.39, 0.29) is 17.4 Å². The zero-order chi connectivity index (χ0) is 24.4. The van der Waals surface area contributed by atoms with Gasteiger partial charge in [-0.3, -0.25) is 14.5 Å². The SMILES string of the molecule is COc1ccc(N2C(=O)C(=O)/C(=C(\O)c3cccc(Cl)c3)C2c2ccc(OC(C)C)cc2)cc1. The van der Waals surface area contributed by atoms with Gasteiger partial charge in [0.15, 0.2) is 0 Å². The van der Waals surface area contributed by atoms with Crippen LogP contribution in [0.5, 0.6) is 11.5 Å². The Bertz CT molecular complexity index is 1250. The molecule has 6 nitrogen and oxygen atoms in total. The van der Waals surface area contributed by atoms with Crippen molar-refractivity contribution in [2.24, 2.45) is 0 Å². The minimum atomic E-state index is -0.847. The summed E-state index contributed by atoms with van der Waals surface area (Å²) in [6.45, 7) is 3.86. The highest BCUT2D eigenvalue weighted by Crippen LogP contribution is 2.43. The number of halogens is 1. The average Bonchev–Trinajstić information content (AvgIpc) is 3.09. The quantitative estimate of drug-likeness (QED) is 0.277. The molecule has 4 rings (SSSR count). The third-order valence-corrected chi connectivity index (χ3v) is 5.70. The Morgan fingerprint density at radius 3 is 2.21 bits per heavy atom. The van der Waals surface area contributed by atoms with Crippen LogP contribution in [0, 0.1) is 0 Å². The fraction of sp³-hybridized carbons (Fsp3) is 0.185. The number of ketones is 1. The number of rotatable bonds is 6. The maximum atomic E-state index is 13.2. The molecule has 1 saturated heterocycles. The Morgan fingerprint density at radius 2 is 1.62 bits per heavy atom. The van der Waals surface area contributed by atoms with Gasteiger partial charge in [-0.15, -0.1) is 0 Å². The summed E-state index contributed by atoms with van der Waals surface area (Å²) in [4.78, 5) is 27.8. The number of methoxy groups -OCH3 is 1. The van der Waals surface area contributed by atoms with E-state index in [4.69, 9.17) is 21.1 Å². The van der Waals surface area contributed by atoms with Crippen molar-refractivity contribution in [1.29, 1.82) is 0 Å². The van der Waals surface area contributed by atoms with Crippen LogP contribution in [-0.4, -0.2) is 30.0 Å². The van der Waals surface area contributed by atoms with Crippen LogP contribution < -0.4 is 14.4 Å². The Morgan fingerprint density at radius 1 is 0.971 bits per heavy atom. The highest BCUT2D eigenvalue weighted by atomic mass is 35.5. The van der Waals surface area contributed by atoms with Gasteiger partial charge in [-0.05, 0) is 67.9 Å². The molecule has 7 heteroatoms. The molecule has 1 aliphatic heterocycles. The standard InChI is InChI=1S/C27H24ClNO5/c1-16(2)34-22-11-7-17(8-12-22)24-23(25(30)18-5-4-6-19(28)15-18)26(31)27(32)29(24)20-9-13-21(33-3)14-10-20/h4-16,24,30H,1-3H3/b25-23-. The molecule has 174 valence electrons. The zero-order valence-corrected chi connectivity index (χ0v) is 19.7. The summed E-state index contributed by atoms with van der Waals surface area (Å²) >= 11 is 6.10. The van der Waals surface area contributed by atoms with Gasteiger partial charge in [0.1, 0.15) is 17.3 Å². The van der Waals surface area contributed by atoms with E-state index >= 15 is 0 Å². The maximum absolute atomic E-state index is 13.2. The molecule has 1 heterocycles. The summed E-state index contributed by atoms with van der Waals surface area (Å²) in [5.74, 6) is -0.521. The Hall–Kier alpha value is -3.77. The molecule has 0 radical (unpaired) electrons. The zero-order valence-electron chi connectivity index (χ0n) is 19.0. The lowest BCUT2D eigenvalue weighted by molar-refractivity contribution is -0.132. The van der Waals surface area contributed by atoms with Crippen LogP contribution >= 0.6 is 11.6 Å². The van der Waals surface area contributed by atoms with Crippen LogP contribution in [0.2, 0.25) is 5.02 Å². The summed E-state index contributed by atoms with van der Waals surface area (Å²) in [6, 6.07) is 19.6. The number of hydrogen-bond donors (Lipinski definition) is 1. The van der Waals surface area contributed by atoms with Crippen molar-refractivity contribution in [3.05, 3.63) is 94.5 Å². The lowest BCUT2D eigenvalue weighted by Gasteiger charge is -2.26. The van der Waals surface area contributed by atoms with E-state index < -0.39 is 17.7 Å². The van der Waals surface area contributed by atoms with Crippen LogP contribution in [-0.2, 0) is 9.59 Å². The second kappa shape index (κ2) is 9.61. The third-order valence-electron chi connectivity index (χ3n) is 5.46. The average molecular weight is 478 g/mol. The Balaban J connectivity index is 1.88. The van der Waals surface area contributed by atoms with E-state index in [0.29, 0.717) is 33.3 Å². The van der Waals surface area contributed by atoms with Crippen molar-refractivity contribution in [3.63, 3.8) is 0 Å². The maximum Gasteiger partial charge on any atom is 0.300 e. The summed E-state index contributed by atoms with van der Waals surface area (Å²) in [7, 11) is 1.55. The number of anilines is 1. The van der Waals surface area contributed by atoms with E-state index in [1.807, 2.05) is 13.8 Å². The first-order valence-corrected chi connectivity index (χ1v) is 11.2. The largest absolute Gasteiger partial charge is 0.507 e. The van der Waals surface area contributed by atoms with Crippen LogP contribution in [0.4, 0.5) is 5.69 Å². The van der Waals surface area contributed by atoms with Gasteiger partial charge in [0.05, 0.1) is 24.8 Å². The monoisotopic (exact) mass is 477 g/mol. The first-order valence-electron chi connectivity index (χ1n) is 10.8. The number of Topliss-reactive ketones (excluding diaryl/α,β-unsaturated/α-hetero) is 1. The molecule has 0 spiro atoms. The minimum Gasteiger partial charge on any atom is -0.507 e. The molecule has 1 unspecified atom stereocenters. The molecule has 3 aromatic rings. The number of hydrogen-bond acceptors (Lipinski definition) is 5. The highest BCUT2D eigenvalue weighted by Gasteiger charge is 2.47. The molecule has 1 amide bonds. The van der Waals surface area contributed by atoms with Crippen molar-refractivity contribution in [1.82, 2.24) is 0 Å². The van der Waals surface area contributed by atoms with Gasteiger partial charge in [-0.25, -0.2) is 0 Å². The minimum absolute atomic E-state index is 0.00128. The van der Waals surface area contributed by atoms with E-state index in [1.165, 1.54) is 4.90 Å². The Kier molecular flexibility index (Phi) is 6.61. The smallest absolute Gasteiger partial charge is 0.300 e. The molecule has 34 heavy (non-hydrogen) atoms. The summed E-state index contributed by atoms with van der Waals surface area (Å²) < 4.78 is 10.9. The molecule has 3 aromatic carbocycles. The number of carbonyl (C=O) groups is 2. The van der Waals surface area contributed by atoms with Gasteiger partial charge < -0.3 is 14.6 Å². The van der Waals surface area contributed by atoms with E-state index in [0.717, 1.165) is 0 Å². The van der Waals surface area contributed by atoms with Crippen molar-refractivity contribution in [3.8, 4) is 11.5 Å². The molecule has 1 N–H and O–H groups in total. The third kappa shape index (κ3) is 4.50. The number of nitrogens with zero attached hydrogens (tertiary/aromatic N) is 1. The van der Waals surface area contributed by atoms with Crippen molar-refractivity contribution in [2.45, 2.75) is 26.0 Å². The van der Waals surface area contributed by atoms with E-state index in [1.54, 1.807) is 79.9 Å². The number of carbonyl (C=O) groups excluding carboxylic acids is 2. The van der Waals surface area contributed by atoms with Gasteiger partial charge in [-0.1, -0.05) is 35.9 Å². The predicted molar refractivity (Wildman–Crippen MR) is 131 cm³/mol. The molecule has 0 bridgehead atoms. The van der Waals surface area contributed by atoms with Gasteiger partial charge >= 0.3 is 0 Å². The van der Waals surface area contributed by atoms with Gasteiger partial charge in [0, 0.05) is 16.3 Å². The molecule has 0 saturated carbocycles. The second-order valence-corrected chi connectivity index (χ2v) is 8.55. The topological polar surface area (TPSA) is 76.1 Å². The fourth-order valence-electron chi connectivity index (χ4n) is 3.95. The molecular weight excluding hydrogens is 454 g/mol. The summed E-state index contributed by atoms with van der Waals surface area (Å²) in [5, 5.41) is 11.6. The molecule has 1 fully saturated rings. The normalized spacial score (nSPS) is 17.3. The first-order chi connectivity index (χ1) is 16.3. The van der Waals surface area contributed by atoms with E-state index in [2.05, 4.69) is 0 Å². The van der Waals surface area contributed by atoms with Gasteiger partial charge in [-0.2, -0.15) is 0 Å². The van der Waals surface area contributed by atoms with Gasteiger partial charge in [0.2, 0.25) is 0 Å². The number of ether oxygens (including phenoxy) is 2. The number of aliphatic hydroxyl groups is 1. The van der Waals surface area contributed by atoms with Gasteiger partial charge in [0.25, 0.3) is 11.7 Å². The molecule has 0 aliphatic carbocycles. The highest BCUT2D eigenvalue weighted by molar-refractivity contribution is 6.51.